The number of hydrogen-bond acceptors (Lipinski definition) is 5. The minimum absolute atomic E-state index is 0.131. The molecule has 0 aliphatic carbocycles. The smallest absolute Gasteiger partial charge is 0.264 e. The van der Waals surface area contributed by atoms with E-state index in [0.29, 0.717) is 6.54 Å². The number of anilines is 2. The molecule has 0 saturated heterocycles. The Morgan fingerprint density at radius 2 is 1.52 bits per heavy atom. The molecule has 1 heterocycles. The van der Waals surface area contributed by atoms with Crippen LogP contribution in [0.2, 0.25) is 0 Å². The Hall–Kier alpha value is -1.50. The van der Waals surface area contributed by atoms with Gasteiger partial charge >= 0.3 is 0 Å². The molecule has 6 heteroatoms. The molecule has 0 fully saturated rings. The molecule has 3 rings (SSSR count). The lowest BCUT2D eigenvalue weighted by atomic mass is 10.2. The summed E-state index contributed by atoms with van der Waals surface area (Å²) >= 11 is 1.72. The summed E-state index contributed by atoms with van der Waals surface area (Å²) in [5.74, 6) is 0. The van der Waals surface area contributed by atoms with Crippen molar-refractivity contribution >= 4 is 33.3 Å². The fourth-order valence-electron chi connectivity index (χ4n) is 2.30. The first-order valence-corrected chi connectivity index (χ1v) is 9.16. The van der Waals surface area contributed by atoms with Crippen molar-refractivity contribution in [2.24, 2.45) is 0 Å². The van der Waals surface area contributed by atoms with E-state index >= 15 is 0 Å². The van der Waals surface area contributed by atoms with E-state index in [4.69, 9.17) is 4.18 Å². The van der Waals surface area contributed by atoms with Crippen molar-refractivity contribution in [1.82, 2.24) is 0 Å². The third-order valence-corrected chi connectivity index (χ3v) is 4.87. The predicted molar refractivity (Wildman–Crippen MR) is 84.8 cm³/mol. The summed E-state index contributed by atoms with van der Waals surface area (Å²) in [7, 11) is -3.41. The monoisotopic (exact) mass is 321 g/mol. The molecule has 110 valence electrons. The fraction of sp³-hybridized carbons (Fsp3) is 0.200. The summed E-state index contributed by atoms with van der Waals surface area (Å²) in [4.78, 5) is 4.43. The fourth-order valence-corrected chi connectivity index (χ4v) is 3.78. The Balaban J connectivity index is 1.91. The van der Waals surface area contributed by atoms with Gasteiger partial charge in [-0.2, -0.15) is 8.42 Å². The standard InChI is InChI=1S/C15H15NO3S2/c1-21(17,18)19-11-10-16-12-6-2-4-8-14(12)20-15-9-5-3-7-13(15)16/h2-9H,10-11H2,1H3. The number of fused-ring (bicyclic) bond motifs is 2. The first kappa shape index (κ1) is 14.4. The molecular formula is C15H15NO3S2. The van der Waals surface area contributed by atoms with Crippen molar-refractivity contribution in [3.8, 4) is 0 Å². The predicted octanol–water partition coefficient (Wildman–Crippen LogP) is 3.27. The maximum Gasteiger partial charge on any atom is 0.264 e. The van der Waals surface area contributed by atoms with Crippen molar-refractivity contribution in [3.05, 3.63) is 48.5 Å². The Labute approximate surface area is 128 Å². The molecule has 0 bridgehead atoms. The van der Waals surface area contributed by atoms with Gasteiger partial charge in [0.2, 0.25) is 0 Å². The minimum Gasteiger partial charge on any atom is -0.337 e. The summed E-state index contributed by atoms with van der Waals surface area (Å²) in [6.45, 7) is 0.619. The largest absolute Gasteiger partial charge is 0.337 e. The van der Waals surface area contributed by atoms with E-state index in [2.05, 4.69) is 17.0 Å². The summed E-state index contributed by atoms with van der Waals surface area (Å²) in [5, 5.41) is 0. The highest BCUT2D eigenvalue weighted by Gasteiger charge is 2.22. The van der Waals surface area contributed by atoms with E-state index in [0.717, 1.165) is 27.4 Å². The van der Waals surface area contributed by atoms with Crippen LogP contribution in [-0.2, 0) is 14.3 Å². The van der Waals surface area contributed by atoms with Crippen LogP contribution in [0.15, 0.2) is 58.3 Å². The quantitative estimate of drug-likeness (QED) is 0.809. The highest BCUT2D eigenvalue weighted by atomic mass is 32.2. The number of para-hydroxylation sites is 2. The van der Waals surface area contributed by atoms with Crippen molar-refractivity contribution in [3.63, 3.8) is 0 Å². The number of hydrogen-bond donors (Lipinski definition) is 0. The Bertz CT molecular complexity index is 714. The zero-order valence-electron chi connectivity index (χ0n) is 11.5. The van der Waals surface area contributed by atoms with Gasteiger partial charge in [-0.1, -0.05) is 36.0 Å². The molecule has 0 aromatic heterocycles. The van der Waals surface area contributed by atoms with Gasteiger partial charge in [0.05, 0.1) is 24.2 Å². The van der Waals surface area contributed by atoms with Crippen LogP contribution in [0.3, 0.4) is 0 Å². The summed E-state index contributed by atoms with van der Waals surface area (Å²) < 4.78 is 27.1. The van der Waals surface area contributed by atoms with Crippen LogP contribution in [0, 0.1) is 0 Å². The Morgan fingerprint density at radius 3 is 2.05 bits per heavy atom. The number of benzene rings is 2. The first-order chi connectivity index (χ1) is 10.0. The topological polar surface area (TPSA) is 46.6 Å². The highest BCUT2D eigenvalue weighted by Crippen LogP contribution is 2.47. The molecule has 0 radical (unpaired) electrons. The van der Waals surface area contributed by atoms with Crippen LogP contribution >= 0.6 is 11.8 Å². The number of rotatable bonds is 4. The van der Waals surface area contributed by atoms with Crippen LogP contribution in [0.25, 0.3) is 0 Å². The van der Waals surface area contributed by atoms with Gasteiger partial charge < -0.3 is 4.90 Å². The van der Waals surface area contributed by atoms with E-state index in [9.17, 15) is 8.42 Å². The second-order valence-electron chi connectivity index (χ2n) is 4.72. The summed E-state index contributed by atoms with van der Waals surface area (Å²) in [5.41, 5.74) is 2.16. The van der Waals surface area contributed by atoms with E-state index < -0.39 is 10.1 Å². The van der Waals surface area contributed by atoms with Crippen molar-refractivity contribution in [2.75, 3.05) is 24.3 Å². The average molecular weight is 321 g/mol. The van der Waals surface area contributed by atoms with Crippen molar-refractivity contribution in [1.29, 1.82) is 0 Å². The molecule has 2 aromatic carbocycles. The maximum absolute atomic E-state index is 11.1. The zero-order valence-corrected chi connectivity index (χ0v) is 13.2. The maximum atomic E-state index is 11.1. The van der Waals surface area contributed by atoms with Gasteiger partial charge in [-0.05, 0) is 24.3 Å². The van der Waals surface area contributed by atoms with Crippen LogP contribution in [0.5, 0.6) is 0 Å². The summed E-state index contributed by atoms with van der Waals surface area (Å²) in [6, 6.07) is 16.2. The van der Waals surface area contributed by atoms with Crippen molar-refractivity contribution in [2.45, 2.75) is 9.79 Å². The second-order valence-corrected chi connectivity index (χ2v) is 7.44. The van der Waals surface area contributed by atoms with Crippen LogP contribution in [0.4, 0.5) is 11.4 Å². The van der Waals surface area contributed by atoms with E-state index in [1.807, 2.05) is 36.4 Å². The molecule has 0 atom stereocenters. The lowest BCUT2D eigenvalue weighted by Gasteiger charge is -2.32. The molecular weight excluding hydrogens is 306 g/mol. The van der Waals surface area contributed by atoms with Gasteiger partial charge in [0, 0.05) is 16.3 Å². The summed E-state index contributed by atoms with van der Waals surface area (Å²) in [6.07, 6.45) is 1.07. The third-order valence-electron chi connectivity index (χ3n) is 3.14. The van der Waals surface area contributed by atoms with E-state index in [1.165, 1.54) is 0 Å². The zero-order chi connectivity index (χ0) is 14.9. The van der Waals surface area contributed by atoms with Crippen molar-refractivity contribution < 1.29 is 12.6 Å². The Kier molecular flexibility index (Phi) is 3.93. The molecule has 0 spiro atoms. The van der Waals surface area contributed by atoms with Crippen LogP contribution < -0.4 is 4.90 Å². The molecule has 0 amide bonds. The average Bonchev–Trinajstić information content (AvgIpc) is 2.45. The van der Waals surface area contributed by atoms with Gasteiger partial charge in [0.1, 0.15) is 0 Å². The molecule has 2 aromatic rings. The second kappa shape index (κ2) is 5.71. The molecule has 0 unspecified atom stereocenters. The molecule has 0 N–H and O–H groups in total. The van der Waals surface area contributed by atoms with E-state index in [1.54, 1.807) is 11.8 Å². The van der Waals surface area contributed by atoms with Gasteiger partial charge in [0.15, 0.2) is 0 Å². The third kappa shape index (κ3) is 3.23. The first-order valence-electron chi connectivity index (χ1n) is 6.52. The molecule has 4 nitrogen and oxygen atoms in total. The van der Waals surface area contributed by atoms with Gasteiger partial charge in [-0.3, -0.25) is 4.18 Å². The van der Waals surface area contributed by atoms with E-state index in [-0.39, 0.29) is 6.61 Å². The highest BCUT2D eigenvalue weighted by molar-refractivity contribution is 7.99. The molecule has 1 aliphatic heterocycles. The van der Waals surface area contributed by atoms with Gasteiger partial charge in [-0.25, -0.2) is 0 Å². The van der Waals surface area contributed by atoms with Crippen LogP contribution in [-0.4, -0.2) is 27.8 Å². The van der Waals surface area contributed by atoms with Gasteiger partial charge in [-0.15, -0.1) is 0 Å². The minimum atomic E-state index is -3.41. The van der Waals surface area contributed by atoms with Gasteiger partial charge in [0.25, 0.3) is 10.1 Å². The molecule has 1 aliphatic rings. The lowest BCUT2D eigenvalue weighted by molar-refractivity contribution is 0.330. The molecule has 21 heavy (non-hydrogen) atoms. The van der Waals surface area contributed by atoms with Crippen LogP contribution in [0.1, 0.15) is 0 Å². The Morgan fingerprint density at radius 1 is 1.00 bits per heavy atom. The molecule has 0 saturated carbocycles. The SMILES string of the molecule is CS(=O)(=O)OCCN1c2ccccc2Sc2ccccc21. The normalized spacial score (nSPS) is 13.7. The number of nitrogens with zero attached hydrogens (tertiary/aromatic N) is 1. The lowest BCUT2D eigenvalue weighted by Crippen LogP contribution is -2.26.